The molecule has 0 saturated carbocycles. The number of benzene rings is 2. The van der Waals surface area contributed by atoms with E-state index < -0.39 is 10.0 Å². The van der Waals surface area contributed by atoms with Crippen molar-refractivity contribution in [2.24, 2.45) is 0 Å². The Morgan fingerprint density at radius 2 is 1.87 bits per heavy atom. The van der Waals surface area contributed by atoms with Gasteiger partial charge in [-0.2, -0.15) is 0 Å². The second-order valence-corrected chi connectivity index (χ2v) is 9.79. The smallest absolute Gasteiger partial charge is 0.254 e. The summed E-state index contributed by atoms with van der Waals surface area (Å²) in [6, 6.07) is 18.1. The predicted molar refractivity (Wildman–Crippen MR) is 119 cm³/mol. The average molecular weight is 439 g/mol. The van der Waals surface area contributed by atoms with E-state index in [0.29, 0.717) is 12.1 Å². The SMILES string of the molecule is C=CCNS(=O)(=O)c1ccc(C(=O)N2CCc3sccc3C2c2ccccc2)cc1. The lowest BCUT2D eigenvalue weighted by Gasteiger charge is -2.36. The molecule has 0 saturated heterocycles. The first-order chi connectivity index (χ1) is 14.5. The van der Waals surface area contributed by atoms with Crippen LogP contribution in [0.1, 0.15) is 32.4 Å². The molecular formula is C23H22N2O3S2. The van der Waals surface area contributed by atoms with E-state index >= 15 is 0 Å². The first-order valence-corrected chi connectivity index (χ1v) is 12.0. The van der Waals surface area contributed by atoms with Crippen LogP contribution < -0.4 is 4.72 Å². The molecule has 1 unspecified atom stereocenters. The molecule has 0 fully saturated rings. The summed E-state index contributed by atoms with van der Waals surface area (Å²) in [5.41, 5.74) is 2.70. The number of hydrogen-bond acceptors (Lipinski definition) is 4. The molecule has 0 radical (unpaired) electrons. The van der Waals surface area contributed by atoms with E-state index in [1.807, 2.05) is 35.2 Å². The topological polar surface area (TPSA) is 66.5 Å². The van der Waals surface area contributed by atoms with Crippen molar-refractivity contribution in [2.75, 3.05) is 13.1 Å². The van der Waals surface area contributed by atoms with Crippen LogP contribution in [0.15, 0.2) is 83.6 Å². The molecule has 5 nitrogen and oxygen atoms in total. The maximum atomic E-state index is 13.4. The van der Waals surface area contributed by atoms with Gasteiger partial charge in [0.2, 0.25) is 10.0 Å². The molecule has 1 aromatic heterocycles. The summed E-state index contributed by atoms with van der Waals surface area (Å²) in [7, 11) is -3.62. The molecule has 4 rings (SSSR count). The Bertz CT molecular complexity index is 1150. The van der Waals surface area contributed by atoms with E-state index in [1.165, 1.54) is 28.6 Å². The number of nitrogens with one attached hydrogen (secondary N) is 1. The molecule has 0 spiro atoms. The van der Waals surface area contributed by atoms with Crippen LogP contribution in [-0.2, 0) is 16.4 Å². The Balaban J connectivity index is 1.64. The highest BCUT2D eigenvalue weighted by Crippen LogP contribution is 2.38. The number of thiophene rings is 1. The summed E-state index contributed by atoms with van der Waals surface area (Å²) in [5, 5.41) is 2.07. The van der Waals surface area contributed by atoms with Gasteiger partial charge in [0.15, 0.2) is 0 Å². The third-order valence-corrected chi connectivity index (χ3v) is 7.61. The molecule has 1 aliphatic heterocycles. The largest absolute Gasteiger partial charge is 0.327 e. The minimum Gasteiger partial charge on any atom is -0.327 e. The van der Waals surface area contributed by atoms with E-state index in [1.54, 1.807) is 23.5 Å². The molecule has 0 aliphatic carbocycles. The van der Waals surface area contributed by atoms with Crippen molar-refractivity contribution in [1.29, 1.82) is 0 Å². The molecule has 2 heterocycles. The van der Waals surface area contributed by atoms with Gasteiger partial charge >= 0.3 is 0 Å². The molecule has 154 valence electrons. The highest BCUT2D eigenvalue weighted by molar-refractivity contribution is 7.89. The molecular weight excluding hydrogens is 416 g/mol. The maximum Gasteiger partial charge on any atom is 0.254 e. The zero-order chi connectivity index (χ0) is 21.1. The van der Waals surface area contributed by atoms with E-state index in [9.17, 15) is 13.2 Å². The number of rotatable bonds is 6. The summed E-state index contributed by atoms with van der Waals surface area (Å²) in [6.45, 7) is 4.28. The summed E-state index contributed by atoms with van der Waals surface area (Å²) in [6.07, 6.45) is 2.30. The van der Waals surface area contributed by atoms with Crippen molar-refractivity contribution in [1.82, 2.24) is 9.62 Å². The van der Waals surface area contributed by atoms with Crippen LogP contribution in [0.25, 0.3) is 0 Å². The van der Waals surface area contributed by atoms with Gasteiger partial charge in [0.1, 0.15) is 0 Å². The minimum atomic E-state index is -3.62. The van der Waals surface area contributed by atoms with Crippen molar-refractivity contribution >= 4 is 27.3 Å². The third kappa shape index (κ3) is 3.96. The predicted octanol–water partition coefficient (Wildman–Crippen LogP) is 4.00. The van der Waals surface area contributed by atoms with Crippen LogP contribution in [0, 0.1) is 0 Å². The fraction of sp³-hybridized carbons (Fsp3) is 0.174. The van der Waals surface area contributed by atoms with E-state index in [-0.39, 0.29) is 23.4 Å². The zero-order valence-corrected chi connectivity index (χ0v) is 18.0. The normalized spacial score (nSPS) is 16.1. The van der Waals surface area contributed by atoms with Gasteiger partial charge < -0.3 is 4.90 Å². The van der Waals surface area contributed by atoms with E-state index in [4.69, 9.17) is 0 Å². The summed E-state index contributed by atoms with van der Waals surface area (Å²) in [4.78, 5) is 16.7. The minimum absolute atomic E-state index is 0.108. The van der Waals surface area contributed by atoms with Crippen molar-refractivity contribution in [3.05, 3.63) is 100 Å². The molecule has 1 atom stereocenters. The Morgan fingerprint density at radius 1 is 1.13 bits per heavy atom. The summed E-state index contributed by atoms with van der Waals surface area (Å²) in [5.74, 6) is -0.108. The lowest BCUT2D eigenvalue weighted by molar-refractivity contribution is 0.0696. The molecule has 1 N–H and O–H groups in total. The Labute approximate surface area is 180 Å². The molecule has 0 bridgehead atoms. The Morgan fingerprint density at radius 3 is 2.57 bits per heavy atom. The fourth-order valence-electron chi connectivity index (χ4n) is 3.72. The quantitative estimate of drug-likeness (QED) is 0.592. The van der Waals surface area contributed by atoms with E-state index in [0.717, 1.165) is 12.0 Å². The molecule has 2 aromatic carbocycles. The van der Waals surface area contributed by atoms with Crippen LogP contribution in [0.5, 0.6) is 0 Å². The van der Waals surface area contributed by atoms with Crippen molar-refractivity contribution in [3.8, 4) is 0 Å². The average Bonchev–Trinajstić information content (AvgIpc) is 3.26. The highest BCUT2D eigenvalue weighted by atomic mass is 32.2. The molecule has 1 aliphatic rings. The summed E-state index contributed by atoms with van der Waals surface area (Å²) < 4.78 is 27.0. The molecule has 30 heavy (non-hydrogen) atoms. The van der Waals surface area contributed by atoms with Crippen LogP contribution in [0.2, 0.25) is 0 Å². The van der Waals surface area contributed by atoms with Gasteiger partial charge in [-0.3, -0.25) is 4.79 Å². The van der Waals surface area contributed by atoms with Gasteiger partial charge in [-0.05, 0) is 53.3 Å². The molecule has 3 aromatic rings. The van der Waals surface area contributed by atoms with Crippen LogP contribution in [-0.4, -0.2) is 32.3 Å². The Hall–Kier alpha value is -2.74. The lowest BCUT2D eigenvalue weighted by atomic mass is 9.92. The van der Waals surface area contributed by atoms with Crippen molar-refractivity contribution in [2.45, 2.75) is 17.4 Å². The number of carbonyl (C=O) groups is 1. The number of hydrogen-bond donors (Lipinski definition) is 1. The second kappa shape index (κ2) is 8.55. The van der Waals surface area contributed by atoms with Crippen LogP contribution in [0.4, 0.5) is 0 Å². The first-order valence-electron chi connectivity index (χ1n) is 9.64. The number of sulfonamides is 1. The van der Waals surface area contributed by atoms with Gasteiger partial charge in [-0.25, -0.2) is 13.1 Å². The highest BCUT2D eigenvalue weighted by Gasteiger charge is 2.33. The number of nitrogens with zero attached hydrogens (tertiary/aromatic N) is 1. The van der Waals surface area contributed by atoms with Gasteiger partial charge in [0.25, 0.3) is 5.91 Å². The van der Waals surface area contributed by atoms with Gasteiger partial charge in [-0.15, -0.1) is 17.9 Å². The van der Waals surface area contributed by atoms with Crippen molar-refractivity contribution in [3.63, 3.8) is 0 Å². The molecule has 7 heteroatoms. The van der Waals surface area contributed by atoms with Crippen LogP contribution in [0.3, 0.4) is 0 Å². The van der Waals surface area contributed by atoms with Gasteiger partial charge in [-0.1, -0.05) is 36.4 Å². The van der Waals surface area contributed by atoms with E-state index in [2.05, 4.69) is 22.7 Å². The van der Waals surface area contributed by atoms with Gasteiger partial charge in [0.05, 0.1) is 10.9 Å². The third-order valence-electron chi connectivity index (χ3n) is 5.17. The Kier molecular flexibility index (Phi) is 5.85. The number of amides is 1. The van der Waals surface area contributed by atoms with Gasteiger partial charge in [0, 0.05) is 23.5 Å². The second-order valence-electron chi connectivity index (χ2n) is 7.03. The summed E-state index contributed by atoms with van der Waals surface area (Å²) >= 11 is 1.73. The fourth-order valence-corrected chi connectivity index (χ4v) is 5.63. The number of carbonyl (C=O) groups excluding carboxylic acids is 1. The zero-order valence-electron chi connectivity index (χ0n) is 16.3. The lowest BCUT2D eigenvalue weighted by Crippen LogP contribution is -2.40. The standard InChI is InChI=1S/C23H22N2O3S2/c1-2-14-24-30(27,28)19-10-8-18(9-11-19)23(26)25-15-12-21-20(13-16-29-21)22(25)17-6-4-3-5-7-17/h2-11,13,16,22,24H,1,12,14-15H2. The molecule has 1 amide bonds. The van der Waals surface area contributed by atoms with Crippen molar-refractivity contribution < 1.29 is 13.2 Å². The number of fused-ring (bicyclic) bond motifs is 1. The first kappa shape index (κ1) is 20.5. The monoisotopic (exact) mass is 438 g/mol. The maximum absolute atomic E-state index is 13.4. The van der Waals surface area contributed by atoms with Crippen LogP contribution >= 0.6 is 11.3 Å².